The van der Waals surface area contributed by atoms with E-state index in [2.05, 4.69) is 12.0 Å². The Bertz CT molecular complexity index is 349. The fourth-order valence-electron chi connectivity index (χ4n) is 1.01. The van der Waals surface area contributed by atoms with Crippen LogP contribution < -0.4 is 0 Å². The SMILES string of the molecule is [CH2]c1cccc2ccnn12. The molecule has 0 spiro atoms. The zero-order chi connectivity index (χ0) is 6.97. The third kappa shape index (κ3) is 0.620. The number of pyridine rings is 1. The van der Waals surface area contributed by atoms with E-state index in [-0.39, 0.29) is 0 Å². The highest BCUT2D eigenvalue weighted by Gasteiger charge is 1.92. The Kier molecular flexibility index (Phi) is 1.01. The molecule has 49 valence electrons. The molecule has 0 fully saturated rings. The number of nitrogens with zero attached hydrogens (tertiary/aromatic N) is 2. The molecular formula is C8H7N2. The first-order chi connectivity index (χ1) is 4.88. The predicted molar refractivity (Wildman–Crippen MR) is 39.7 cm³/mol. The lowest BCUT2D eigenvalue weighted by atomic mass is 10.3. The monoisotopic (exact) mass is 131 g/mol. The first-order valence-corrected chi connectivity index (χ1v) is 3.12. The van der Waals surface area contributed by atoms with Crippen LogP contribution in [-0.2, 0) is 0 Å². The molecule has 2 aromatic rings. The molecular weight excluding hydrogens is 124 g/mol. The van der Waals surface area contributed by atoms with E-state index in [1.807, 2.05) is 24.3 Å². The minimum atomic E-state index is 0.919. The molecule has 0 aliphatic rings. The summed E-state index contributed by atoms with van der Waals surface area (Å²) in [4.78, 5) is 0. The van der Waals surface area contributed by atoms with E-state index < -0.39 is 0 Å². The highest BCUT2D eigenvalue weighted by molar-refractivity contribution is 5.46. The van der Waals surface area contributed by atoms with E-state index in [4.69, 9.17) is 0 Å². The van der Waals surface area contributed by atoms with Crippen molar-refractivity contribution in [3.63, 3.8) is 0 Å². The Hall–Kier alpha value is -1.31. The normalized spacial score (nSPS) is 10.5. The molecule has 2 aromatic heterocycles. The quantitative estimate of drug-likeness (QED) is 0.529. The third-order valence-electron chi connectivity index (χ3n) is 1.50. The van der Waals surface area contributed by atoms with Crippen LogP contribution in [0.15, 0.2) is 30.5 Å². The number of aromatic nitrogens is 2. The summed E-state index contributed by atoms with van der Waals surface area (Å²) < 4.78 is 1.81. The third-order valence-corrected chi connectivity index (χ3v) is 1.50. The summed E-state index contributed by atoms with van der Waals surface area (Å²) in [6.07, 6.45) is 1.77. The van der Waals surface area contributed by atoms with Crippen molar-refractivity contribution in [1.29, 1.82) is 0 Å². The molecule has 0 aromatic carbocycles. The molecule has 1 radical (unpaired) electrons. The van der Waals surface area contributed by atoms with E-state index >= 15 is 0 Å². The van der Waals surface area contributed by atoms with Gasteiger partial charge in [-0.2, -0.15) is 5.10 Å². The molecule has 2 nitrogen and oxygen atoms in total. The summed E-state index contributed by atoms with van der Waals surface area (Å²) in [5.74, 6) is 0. The van der Waals surface area contributed by atoms with Gasteiger partial charge in [0.15, 0.2) is 0 Å². The summed E-state index contributed by atoms with van der Waals surface area (Å²) in [7, 11) is 0. The van der Waals surface area contributed by atoms with Crippen molar-refractivity contribution in [2.75, 3.05) is 0 Å². The smallest absolute Gasteiger partial charge is 0.0664 e. The number of hydrogen-bond donors (Lipinski definition) is 0. The molecule has 0 bridgehead atoms. The van der Waals surface area contributed by atoms with E-state index in [0.717, 1.165) is 11.2 Å². The van der Waals surface area contributed by atoms with Crippen LogP contribution in [0.25, 0.3) is 5.52 Å². The van der Waals surface area contributed by atoms with Crippen LogP contribution in [0.5, 0.6) is 0 Å². The molecule has 0 saturated carbocycles. The maximum Gasteiger partial charge on any atom is 0.0664 e. The van der Waals surface area contributed by atoms with Crippen molar-refractivity contribution in [2.24, 2.45) is 0 Å². The van der Waals surface area contributed by atoms with Crippen LogP contribution in [0, 0.1) is 6.92 Å². The van der Waals surface area contributed by atoms with Gasteiger partial charge in [0.1, 0.15) is 0 Å². The van der Waals surface area contributed by atoms with Crippen LogP contribution in [0.3, 0.4) is 0 Å². The van der Waals surface area contributed by atoms with E-state index in [0.29, 0.717) is 0 Å². The molecule has 0 atom stereocenters. The maximum atomic E-state index is 4.07. The lowest BCUT2D eigenvalue weighted by Gasteiger charge is -1.95. The molecule has 2 heterocycles. The molecule has 0 aliphatic heterocycles. The molecule has 0 amide bonds. The molecule has 0 aliphatic carbocycles. The largest absolute Gasteiger partial charge is 0.238 e. The molecule has 0 N–H and O–H groups in total. The lowest BCUT2D eigenvalue weighted by Crippen LogP contribution is -1.90. The minimum absolute atomic E-state index is 0.919. The summed E-state index contributed by atoms with van der Waals surface area (Å²) in [5.41, 5.74) is 2.01. The van der Waals surface area contributed by atoms with Gasteiger partial charge in [0.25, 0.3) is 0 Å². The van der Waals surface area contributed by atoms with Crippen molar-refractivity contribution in [2.45, 2.75) is 0 Å². The van der Waals surface area contributed by atoms with Crippen LogP contribution in [0.4, 0.5) is 0 Å². The van der Waals surface area contributed by atoms with Gasteiger partial charge >= 0.3 is 0 Å². The maximum absolute atomic E-state index is 4.07. The van der Waals surface area contributed by atoms with Crippen LogP contribution in [0.1, 0.15) is 5.69 Å². The van der Waals surface area contributed by atoms with Gasteiger partial charge in [-0.1, -0.05) is 6.07 Å². The fraction of sp³-hybridized carbons (Fsp3) is 0. The zero-order valence-electron chi connectivity index (χ0n) is 5.49. The van der Waals surface area contributed by atoms with Gasteiger partial charge in [0.05, 0.1) is 5.52 Å². The molecule has 2 rings (SSSR count). The van der Waals surface area contributed by atoms with E-state index in [1.165, 1.54) is 0 Å². The number of fused-ring (bicyclic) bond motifs is 1. The summed E-state index contributed by atoms with van der Waals surface area (Å²) >= 11 is 0. The van der Waals surface area contributed by atoms with E-state index in [1.54, 1.807) is 10.7 Å². The van der Waals surface area contributed by atoms with Crippen LogP contribution >= 0.6 is 0 Å². The highest BCUT2D eigenvalue weighted by atomic mass is 15.2. The van der Waals surface area contributed by atoms with Crippen molar-refractivity contribution >= 4 is 5.52 Å². The zero-order valence-corrected chi connectivity index (χ0v) is 5.49. The number of rotatable bonds is 0. The summed E-state index contributed by atoms with van der Waals surface area (Å²) in [5, 5.41) is 4.07. The molecule has 10 heavy (non-hydrogen) atoms. The second kappa shape index (κ2) is 1.84. The van der Waals surface area contributed by atoms with Crippen molar-refractivity contribution in [3.05, 3.63) is 43.1 Å². The Labute approximate surface area is 59.1 Å². The van der Waals surface area contributed by atoms with Gasteiger partial charge in [-0.05, 0) is 25.1 Å². The molecule has 0 unspecified atom stereocenters. The molecule has 2 heteroatoms. The number of hydrogen-bond acceptors (Lipinski definition) is 1. The van der Waals surface area contributed by atoms with Gasteiger partial charge < -0.3 is 0 Å². The van der Waals surface area contributed by atoms with Gasteiger partial charge in [-0.3, -0.25) is 0 Å². The first-order valence-electron chi connectivity index (χ1n) is 3.12. The lowest BCUT2D eigenvalue weighted by molar-refractivity contribution is 0.937. The first kappa shape index (κ1) is 5.47. The standard InChI is InChI=1S/C8H7N2/c1-7-3-2-4-8-5-6-9-10(7)8/h2-6H,1H2. The fourth-order valence-corrected chi connectivity index (χ4v) is 1.01. The Morgan fingerprint density at radius 1 is 1.30 bits per heavy atom. The highest BCUT2D eigenvalue weighted by Crippen LogP contribution is 2.03. The second-order valence-electron chi connectivity index (χ2n) is 2.18. The average Bonchev–Trinajstić information content (AvgIpc) is 2.36. The van der Waals surface area contributed by atoms with Gasteiger partial charge in [0.2, 0.25) is 0 Å². The van der Waals surface area contributed by atoms with E-state index in [9.17, 15) is 0 Å². The van der Waals surface area contributed by atoms with Gasteiger partial charge in [0, 0.05) is 11.9 Å². The minimum Gasteiger partial charge on any atom is -0.238 e. The summed E-state index contributed by atoms with van der Waals surface area (Å²) in [6.45, 7) is 3.82. The Morgan fingerprint density at radius 3 is 3.00 bits per heavy atom. The summed E-state index contributed by atoms with van der Waals surface area (Å²) in [6, 6.07) is 7.86. The predicted octanol–water partition coefficient (Wildman–Crippen LogP) is 1.52. The van der Waals surface area contributed by atoms with Crippen molar-refractivity contribution < 1.29 is 0 Å². The molecule has 0 saturated heterocycles. The van der Waals surface area contributed by atoms with Crippen LogP contribution in [-0.4, -0.2) is 9.61 Å². The van der Waals surface area contributed by atoms with Crippen molar-refractivity contribution in [1.82, 2.24) is 9.61 Å². The Balaban J connectivity index is 2.95. The van der Waals surface area contributed by atoms with Crippen molar-refractivity contribution in [3.8, 4) is 0 Å². The Morgan fingerprint density at radius 2 is 2.20 bits per heavy atom. The average molecular weight is 131 g/mol. The van der Waals surface area contributed by atoms with Gasteiger partial charge in [-0.15, -0.1) is 0 Å². The van der Waals surface area contributed by atoms with Crippen LogP contribution in [0.2, 0.25) is 0 Å². The second-order valence-corrected chi connectivity index (χ2v) is 2.18. The topological polar surface area (TPSA) is 17.3 Å². The van der Waals surface area contributed by atoms with Gasteiger partial charge in [-0.25, -0.2) is 4.52 Å².